The Morgan fingerprint density at radius 1 is 1.35 bits per heavy atom. The summed E-state index contributed by atoms with van der Waals surface area (Å²) in [5.74, 6) is -0.574. The Morgan fingerprint density at radius 3 is 2.60 bits per heavy atom. The molecule has 6 heteroatoms. The molecule has 2 N–H and O–H groups in total. The summed E-state index contributed by atoms with van der Waals surface area (Å²) in [6.07, 6.45) is 1.32. The zero-order valence-electron chi connectivity index (χ0n) is 12.1. The molecule has 0 fully saturated rings. The second-order valence-electron chi connectivity index (χ2n) is 5.73. The lowest BCUT2D eigenvalue weighted by molar-refractivity contribution is 0.242. The molecule has 0 aliphatic heterocycles. The van der Waals surface area contributed by atoms with Crippen molar-refractivity contribution in [2.24, 2.45) is 5.41 Å². The van der Waals surface area contributed by atoms with Crippen LogP contribution in [0.4, 0.5) is 4.39 Å². The highest BCUT2D eigenvalue weighted by Crippen LogP contribution is 2.23. The molecule has 114 valence electrons. The van der Waals surface area contributed by atoms with E-state index in [0.717, 1.165) is 6.07 Å². The molecule has 0 bridgehead atoms. The van der Waals surface area contributed by atoms with Crippen molar-refractivity contribution in [3.8, 4) is 0 Å². The Bertz CT molecular complexity index is 556. The number of benzene rings is 1. The third kappa shape index (κ3) is 4.85. The van der Waals surface area contributed by atoms with E-state index < -0.39 is 15.8 Å². The molecule has 1 aromatic rings. The summed E-state index contributed by atoms with van der Waals surface area (Å²) >= 11 is 0. The normalized spacial score (nSPS) is 12.7. The number of nitrogens with one attached hydrogen (secondary N) is 1. The summed E-state index contributed by atoms with van der Waals surface area (Å²) < 4.78 is 40.1. The minimum absolute atomic E-state index is 0.0320. The van der Waals surface area contributed by atoms with Crippen molar-refractivity contribution in [2.75, 3.05) is 13.2 Å². The monoisotopic (exact) mass is 303 g/mol. The van der Waals surface area contributed by atoms with E-state index in [1.807, 2.05) is 13.8 Å². The van der Waals surface area contributed by atoms with Gasteiger partial charge in [-0.15, -0.1) is 0 Å². The molecule has 0 aromatic heterocycles. The number of aliphatic hydroxyl groups excluding tert-OH is 1. The number of aliphatic hydroxyl groups is 1. The maximum atomic E-state index is 13.2. The first-order valence-electron chi connectivity index (χ1n) is 6.55. The topological polar surface area (TPSA) is 66.4 Å². The molecule has 0 saturated carbocycles. The van der Waals surface area contributed by atoms with E-state index in [4.69, 9.17) is 5.11 Å². The van der Waals surface area contributed by atoms with Crippen LogP contribution in [0.5, 0.6) is 0 Å². The summed E-state index contributed by atoms with van der Waals surface area (Å²) in [7, 11) is -3.72. The Morgan fingerprint density at radius 2 is 2.00 bits per heavy atom. The number of rotatable bonds is 7. The second kappa shape index (κ2) is 6.65. The largest absolute Gasteiger partial charge is 0.396 e. The van der Waals surface area contributed by atoms with E-state index in [0.29, 0.717) is 18.4 Å². The van der Waals surface area contributed by atoms with Gasteiger partial charge in [-0.1, -0.05) is 19.9 Å². The van der Waals surface area contributed by atoms with Crippen LogP contribution in [0.3, 0.4) is 0 Å². The molecule has 0 spiro atoms. The van der Waals surface area contributed by atoms with Gasteiger partial charge in [-0.3, -0.25) is 0 Å². The first kappa shape index (κ1) is 17.1. The molecule has 0 amide bonds. The predicted molar refractivity (Wildman–Crippen MR) is 76.4 cm³/mol. The Balaban J connectivity index is 2.83. The van der Waals surface area contributed by atoms with Crippen LogP contribution in [-0.4, -0.2) is 26.7 Å². The smallest absolute Gasteiger partial charge is 0.240 e. The van der Waals surface area contributed by atoms with Gasteiger partial charge in [0, 0.05) is 13.2 Å². The first-order valence-corrected chi connectivity index (χ1v) is 8.03. The maximum Gasteiger partial charge on any atom is 0.240 e. The molecule has 0 radical (unpaired) electrons. The van der Waals surface area contributed by atoms with Crippen molar-refractivity contribution in [1.82, 2.24) is 4.72 Å². The fourth-order valence-electron chi connectivity index (χ4n) is 1.88. The molecule has 0 aliphatic carbocycles. The highest BCUT2D eigenvalue weighted by Gasteiger charge is 2.23. The third-order valence-electron chi connectivity index (χ3n) is 3.19. The van der Waals surface area contributed by atoms with Crippen LogP contribution in [0.15, 0.2) is 23.1 Å². The van der Waals surface area contributed by atoms with Crippen molar-refractivity contribution in [2.45, 2.75) is 38.5 Å². The van der Waals surface area contributed by atoms with E-state index in [9.17, 15) is 12.8 Å². The number of aryl methyl sites for hydroxylation is 1. The van der Waals surface area contributed by atoms with Crippen LogP contribution >= 0.6 is 0 Å². The van der Waals surface area contributed by atoms with Crippen molar-refractivity contribution in [1.29, 1.82) is 0 Å². The van der Waals surface area contributed by atoms with Crippen molar-refractivity contribution < 1.29 is 17.9 Å². The quantitative estimate of drug-likeness (QED) is 0.811. The summed E-state index contributed by atoms with van der Waals surface area (Å²) in [5, 5.41) is 8.82. The van der Waals surface area contributed by atoms with Crippen LogP contribution in [0.1, 0.15) is 32.3 Å². The number of hydrogen-bond donors (Lipinski definition) is 2. The Hall–Kier alpha value is -0.980. The van der Waals surface area contributed by atoms with Gasteiger partial charge in [-0.05, 0) is 42.9 Å². The van der Waals surface area contributed by atoms with Gasteiger partial charge >= 0.3 is 0 Å². The van der Waals surface area contributed by atoms with Crippen molar-refractivity contribution in [3.05, 3.63) is 29.6 Å². The summed E-state index contributed by atoms with van der Waals surface area (Å²) in [6, 6.07) is 3.71. The minimum atomic E-state index is -3.72. The molecular formula is C14H22FNO3S. The lowest BCUT2D eigenvalue weighted by atomic mass is 9.88. The summed E-state index contributed by atoms with van der Waals surface area (Å²) in [6.45, 7) is 5.79. The van der Waals surface area contributed by atoms with E-state index in [2.05, 4.69) is 4.72 Å². The molecular weight excluding hydrogens is 281 g/mol. The zero-order valence-corrected chi connectivity index (χ0v) is 12.9. The molecule has 20 heavy (non-hydrogen) atoms. The van der Waals surface area contributed by atoms with Gasteiger partial charge in [0.2, 0.25) is 10.0 Å². The van der Waals surface area contributed by atoms with Gasteiger partial charge < -0.3 is 5.11 Å². The summed E-state index contributed by atoms with van der Waals surface area (Å²) in [4.78, 5) is -0.0320. The third-order valence-corrected chi connectivity index (χ3v) is 4.74. The van der Waals surface area contributed by atoms with Crippen LogP contribution in [0, 0.1) is 18.2 Å². The zero-order chi connectivity index (χ0) is 15.4. The molecule has 0 saturated heterocycles. The fraction of sp³-hybridized carbons (Fsp3) is 0.571. The highest BCUT2D eigenvalue weighted by molar-refractivity contribution is 7.89. The SMILES string of the molecule is Cc1ccc(F)cc1S(=O)(=O)NCC(C)(C)CCCO. The molecule has 4 nitrogen and oxygen atoms in total. The molecule has 0 unspecified atom stereocenters. The predicted octanol–water partition coefficient (Wildman–Crippen LogP) is 2.21. The number of hydrogen-bond acceptors (Lipinski definition) is 3. The van der Waals surface area contributed by atoms with Gasteiger partial charge in [0.05, 0.1) is 4.90 Å². The van der Waals surface area contributed by atoms with Gasteiger partial charge in [-0.2, -0.15) is 0 Å². The highest BCUT2D eigenvalue weighted by atomic mass is 32.2. The van der Waals surface area contributed by atoms with Crippen LogP contribution in [0.2, 0.25) is 0 Å². The van der Waals surface area contributed by atoms with Crippen LogP contribution < -0.4 is 4.72 Å². The van der Waals surface area contributed by atoms with Crippen molar-refractivity contribution >= 4 is 10.0 Å². The van der Waals surface area contributed by atoms with E-state index in [-0.39, 0.29) is 23.5 Å². The molecule has 0 aliphatic rings. The lowest BCUT2D eigenvalue weighted by Crippen LogP contribution is -2.34. The fourth-order valence-corrected chi connectivity index (χ4v) is 3.37. The second-order valence-corrected chi connectivity index (χ2v) is 7.46. The molecule has 1 aromatic carbocycles. The number of halogens is 1. The van der Waals surface area contributed by atoms with Gasteiger partial charge in [0.1, 0.15) is 5.82 Å². The first-order chi connectivity index (χ1) is 9.18. The minimum Gasteiger partial charge on any atom is -0.396 e. The van der Waals surface area contributed by atoms with Gasteiger partial charge in [-0.25, -0.2) is 17.5 Å². The van der Waals surface area contributed by atoms with Gasteiger partial charge in [0.15, 0.2) is 0 Å². The van der Waals surface area contributed by atoms with Crippen molar-refractivity contribution in [3.63, 3.8) is 0 Å². The molecule has 0 atom stereocenters. The molecule has 0 heterocycles. The number of sulfonamides is 1. The molecule has 1 rings (SSSR count). The maximum absolute atomic E-state index is 13.2. The van der Waals surface area contributed by atoms with Crippen LogP contribution in [0.25, 0.3) is 0 Å². The Kier molecular flexibility index (Phi) is 5.68. The van der Waals surface area contributed by atoms with Crippen LogP contribution in [-0.2, 0) is 10.0 Å². The average Bonchev–Trinajstić information content (AvgIpc) is 2.37. The van der Waals surface area contributed by atoms with E-state index in [1.165, 1.54) is 12.1 Å². The summed E-state index contributed by atoms with van der Waals surface area (Å²) in [5.41, 5.74) is 0.240. The average molecular weight is 303 g/mol. The lowest BCUT2D eigenvalue weighted by Gasteiger charge is -2.24. The van der Waals surface area contributed by atoms with E-state index in [1.54, 1.807) is 6.92 Å². The van der Waals surface area contributed by atoms with E-state index >= 15 is 0 Å². The van der Waals surface area contributed by atoms with Gasteiger partial charge in [0.25, 0.3) is 0 Å². The Labute approximate surface area is 120 Å². The standard InChI is InChI=1S/C14H22FNO3S/c1-11-5-6-12(15)9-13(11)20(18,19)16-10-14(2,3)7-4-8-17/h5-6,9,16-17H,4,7-8,10H2,1-3H3.